The average molecular weight is 276 g/mol. The van der Waals surface area contributed by atoms with Crippen molar-refractivity contribution >= 4 is 11.6 Å². The van der Waals surface area contributed by atoms with Gasteiger partial charge >= 0.3 is 0 Å². The minimum atomic E-state index is -0.00488. The van der Waals surface area contributed by atoms with E-state index < -0.39 is 0 Å². The third-order valence-corrected chi connectivity index (χ3v) is 3.63. The molecule has 0 heterocycles. The fraction of sp³-hybridized carbons (Fsp3) is 0.588. The van der Waals surface area contributed by atoms with Crippen LogP contribution in [0.25, 0.3) is 0 Å². The van der Waals surface area contributed by atoms with Crippen molar-refractivity contribution in [1.29, 1.82) is 0 Å². The quantitative estimate of drug-likeness (QED) is 0.854. The van der Waals surface area contributed by atoms with E-state index in [-0.39, 0.29) is 17.4 Å². The van der Waals surface area contributed by atoms with Crippen LogP contribution in [0.15, 0.2) is 18.2 Å². The summed E-state index contributed by atoms with van der Waals surface area (Å²) in [6.07, 6.45) is 1.04. The molecule has 3 heteroatoms. The standard InChI is InChI=1S/C17H28N2O/c1-7-10-18-15-9-8-12(2)11-14(15)16(20)19-13(3)17(4,5)6/h8-9,11,13,18H,7,10H2,1-6H3,(H,19,20). The largest absolute Gasteiger partial charge is 0.384 e. The molecule has 0 aliphatic carbocycles. The van der Waals surface area contributed by atoms with Gasteiger partial charge in [-0.05, 0) is 37.8 Å². The van der Waals surface area contributed by atoms with Crippen LogP contribution in [0.2, 0.25) is 0 Å². The number of aryl methyl sites for hydroxylation is 1. The van der Waals surface area contributed by atoms with Gasteiger partial charge in [-0.3, -0.25) is 4.79 Å². The lowest BCUT2D eigenvalue weighted by atomic mass is 9.88. The van der Waals surface area contributed by atoms with Gasteiger partial charge in [-0.15, -0.1) is 0 Å². The van der Waals surface area contributed by atoms with Crippen molar-refractivity contribution in [1.82, 2.24) is 5.32 Å². The molecule has 1 aromatic rings. The molecule has 0 spiro atoms. The highest BCUT2D eigenvalue weighted by atomic mass is 16.1. The fourth-order valence-electron chi connectivity index (χ4n) is 1.75. The van der Waals surface area contributed by atoms with Crippen molar-refractivity contribution in [2.75, 3.05) is 11.9 Å². The number of rotatable bonds is 5. The molecule has 0 radical (unpaired) electrons. The zero-order valence-electron chi connectivity index (χ0n) is 13.6. The molecule has 2 N–H and O–H groups in total. The van der Waals surface area contributed by atoms with Gasteiger partial charge in [0.25, 0.3) is 5.91 Å². The molecule has 3 nitrogen and oxygen atoms in total. The summed E-state index contributed by atoms with van der Waals surface area (Å²) in [5.74, 6) is -0.00488. The Morgan fingerprint density at radius 3 is 2.50 bits per heavy atom. The SMILES string of the molecule is CCCNc1ccc(C)cc1C(=O)NC(C)C(C)(C)C. The lowest BCUT2D eigenvalue weighted by molar-refractivity contribution is 0.0911. The summed E-state index contributed by atoms with van der Waals surface area (Å²) < 4.78 is 0. The molecular formula is C17H28N2O. The Balaban J connectivity index is 2.93. The maximum Gasteiger partial charge on any atom is 0.253 e. The van der Waals surface area contributed by atoms with Crippen LogP contribution in [0.4, 0.5) is 5.69 Å². The number of benzene rings is 1. The molecule has 0 aliphatic heterocycles. The maximum atomic E-state index is 12.5. The Labute approximate surface area is 123 Å². The first-order chi connectivity index (χ1) is 9.25. The van der Waals surface area contributed by atoms with Gasteiger partial charge in [0.05, 0.1) is 5.56 Å². The van der Waals surface area contributed by atoms with Crippen LogP contribution < -0.4 is 10.6 Å². The van der Waals surface area contributed by atoms with Crippen molar-refractivity contribution in [2.24, 2.45) is 5.41 Å². The fourth-order valence-corrected chi connectivity index (χ4v) is 1.75. The van der Waals surface area contributed by atoms with Crippen molar-refractivity contribution < 1.29 is 4.79 Å². The van der Waals surface area contributed by atoms with Crippen LogP contribution >= 0.6 is 0 Å². The molecule has 20 heavy (non-hydrogen) atoms. The molecule has 1 unspecified atom stereocenters. The van der Waals surface area contributed by atoms with Gasteiger partial charge in [-0.1, -0.05) is 39.3 Å². The third kappa shape index (κ3) is 4.55. The van der Waals surface area contributed by atoms with Gasteiger partial charge in [0.2, 0.25) is 0 Å². The van der Waals surface area contributed by atoms with E-state index in [1.54, 1.807) is 0 Å². The first-order valence-electron chi connectivity index (χ1n) is 7.41. The number of hydrogen-bond donors (Lipinski definition) is 2. The maximum absolute atomic E-state index is 12.5. The van der Waals surface area contributed by atoms with Gasteiger partial charge in [0, 0.05) is 18.3 Å². The van der Waals surface area contributed by atoms with E-state index in [9.17, 15) is 4.79 Å². The Bertz CT molecular complexity index is 461. The van der Waals surface area contributed by atoms with E-state index in [1.807, 2.05) is 32.0 Å². The van der Waals surface area contributed by atoms with E-state index in [0.717, 1.165) is 29.8 Å². The highest BCUT2D eigenvalue weighted by molar-refractivity contribution is 6.00. The second-order valence-electron chi connectivity index (χ2n) is 6.54. The van der Waals surface area contributed by atoms with E-state index in [4.69, 9.17) is 0 Å². The Kier molecular flexibility index (Phi) is 5.61. The molecule has 0 saturated heterocycles. The molecule has 1 atom stereocenters. The summed E-state index contributed by atoms with van der Waals surface area (Å²) in [4.78, 5) is 12.5. The van der Waals surface area contributed by atoms with Crippen molar-refractivity contribution in [3.05, 3.63) is 29.3 Å². The van der Waals surface area contributed by atoms with Crippen LogP contribution in [0.3, 0.4) is 0 Å². The predicted octanol–water partition coefficient (Wildman–Crippen LogP) is 3.98. The summed E-state index contributed by atoms with van der Waals surface area (Å²) >= 11 is 0. The number of nitrogens with one attached hydrogen (secondary N) is 2. The first-order valence-corrected chi connectivity index (χ1v) is 7.41. The molecule has 112 valence electrons. The molecule has 1 rings (SSSR count). The number of carbonyl (C=O) groups excluding carboxylic acids is 1. The van der Waals surface area contributed by atoms with E-state index >= 15 is 0 Å². The van der Waals surface area contributed by atoms with Gasteiger partial charge in [-0.2, -0.15) is 0 Å². The highest BCUT2D eigenvalue weighted by Crippen LogP contribution is 2.21. The molecule has 0 saturated carbocycles. The molecule has 0 aliphatic rings. The van der Waals surface area contributed by atoms with Gasteiger partial charge < -0.3 is 10.6 Å². The number of carbonyl (C=O) groups is 1. The van der Waals surface area contributed by atoms with Crippen LogP contribution in [0.1, 0.15) is 57.0 Å². The normalized spacial score (nSPS) is 12.9. The number of hydrogen-bond acceptors (Lipinski definition) is 2. The van der Waals surface area contributed by atoms with Crippen LogP contribution in [0, 0.1) is 12.3 Å². The molecule has 0 bridgehead atoms. The summed E-state index contributed by atoms with van der Waals surface area (Å²) in [5, 5.41) is 6.42. The second kappa shape index (κ2) is 6.78. The van der Waals surface area contributed by atoms with E-state index in [0.29, 0.717) is 0 Å². The Morgan fingerprint density at radius 1 is 1.30 bits per heavy atom. The molecule has 0 fully saturated rings. The zero-order chi connectivity index (χ0) is 15.3. The van der Waals surface area contributed by atoms with E-state index in [1.165, 1.54) is 0 Å². The minimum Gasteiger partial charge on any atom is -0.384 e. The predicted molar refractivity (Wildman–Crippen MR) is 86.3 cm³/mol. The van der Waals surface area contributed by atoms with Gasteiger partial charge in [0.1, 0.15) is 0 Å². The van der Waals surface area contributed by atoms with Crippen molar-refractivity contribution in [3.8, 4) is 0 Å². The van der Waals surface area contributed by atoms with Crippen molar-refractivity contribution in [2.45, 2.75) is 54.0 Å². The summed E-state index contributed by atoms with van der Waals surface area (Å²) in [6, 6.07) is 6.08. The molecule has 0 aromatic heterocycles. The second-order valence-corrected chi connectivity index (χ2v) is 6.54. The molecular weight excluding hydrogens is 248 g/mol. The number of amides is 1. The Hall–Kier alpha value is -1.51. The Morgan fingerprint density at radius 2 is 1.95 bits per heavy atom. The van der Waals surface area contributed by atoms with Crippen molar-refractivity contribution in [3.63, 3.8) is 0 Å². The van der Waals surface area contributed by atoms with Crippen LogP contribution in [-0.2, 0) is 0 Å². The molecule has 1 amide bonds. The summed E-state index contributed by atoms with van der Waals surface area (Å²) in [6.45, 7) is 13.4. The first kappa shape index (κ1) is 16.5. The average Bonchev–Trinajstić information content (AvgIpc) is 2.36. The third-order valence-electron chi connectivity index (χ3n) is 3.63. The van der Waals surface area contributed by atoms with Gasteiger partial charge in [-0.25, -0.2) is 0 Å². The monoisotopic (exact) mass is 276 g/mol. The lowest BCUT2D eigenvalue weighted by Crippen LogP contribution is -2.41. The lowest BCUT2D eigenvalue weighted by Gasteiger charge is -2.28. The van der Waals surface area contributed by atoms with Crippen LogP contribution in [0.5, 0.6) is 0 Å². The minimum absolute atomic E-state index is 0.00488. The van der Waals surface area contributed by atoms with E-state index in [2.05, 4.69) is 38.3 Å². The highest BCUT2D eigenvalue weighted by Gasteiger charge is 2.23. The topological polar surface area (TPSA) is 41.1 Å². The van der Waals surface area contributed by atoms with Gasteiger partial charge in [0.15, 0.2) is 0 Å². The zero-order valence-corrected chi connectivity index (χ0v) is 13.6. The molecule has 1 aromatic carbocycles. The smallest absolute Gasteiger partial charge is 0.253 e. The summed E-state index contributed by atoms with van der Waals surface area (Å²) in [7, 11) is 0. The number of anilines is 1. The van der Waals surface area contributed by atoms with Crippen LogP contribution in [-0.4, -0.2) is 18.5 Å². The summed E-state index contributed by atoms with van der Waals surface area (Å²) in [5.41, 5.74) is 2.79.